The fourth-order valence-corrected chi connectivity index (χ4v) is 8.24. The van der Waals surface area contributed by atoms with Crippen molar-refractivity contribution in [3.05, 3.63) is 29.8 Å². The van der Waals surface area contributed by atoms with Crippen molar-refractivity contribution in [3.8, 4) is 0 Å². The van der Waals surface area contributed by atoms with Crippen LogP contribution in [0.2, 0.25) is 0 Å². The standard InChI is InChI=1S/C23H29F3N2O3S/c24-23(25,26)19-1-3-20(4-2-19)32(30,31)28-7-5-16(6-8-28)22(29)27-21-17-10-14-9-15(12-17)13-18(21)11-14/h1-4,14-18,21H,5-13H2,(H,27,29). The van der Waals surface area contributed by atoms with Gasteiger partial charge in [0.1, 0.15) is 0 Å². The van der Waals surface area contributed by atoms with Crippen molar-refractivity contribution in [2.24, 2.45) is 29.6 Å². The van der Waals surface area contributed by atoms with Gasteiger partial charge < -0.3 is 5.32 Å². The number of nitrogens with zero attached hydrogens (tertiary/aromatic N) is 1. The summed E-state index contributed by atoms with van der Waals surface area (Å²) in [6.45, 7) is 0.395. The van der Waals surface area contributed by atoms with E-state index in [1.807, 2.05) is 0 Å². The summed E-state index contributed by atoms with van der Waals surface area (Å²) in [5.41, 5.74) is -0.878. The molecule has 1 aromatic rings. The van der Waals surface area contributed by atoms with Crippen LogP contribution < -0.4 is 5.32 Å². The van der Waals surface area contributed by atoms with E-state index >= 15 is 0 Å². The fourth-order valence-electron chi connectivity index (χ4n) is 6.77. The molecule has 1 N–H and O–H groups in total. The molecule has 1 aliphatic heterocycles. The molecule has 5 nitrogen and oxygen atoms in total. The Morgan fingerprint density at radius 2 is 1.44 bits per heavy atom. The Labute approximate surface area is 186 Å². The lowest BCUT2D eigenvalue weighted by atomic mass is 9.54. The van der Waals surface area contributed by atoms with Crippen molar-refractivity contribution < 1.29 is 26.4 Å². The van der Waals surface area contributed by atoms with Crippen LogP contribution in [0.1, 0.15) is 50.5 Å². The van der Waals surface area contributed by atoms with Gasteiger partial charge in [0.25, 0.3) is 0 Å². The molecule has 0 spiro atoms. The fraction of sp³-hybridized carbons (Fsp3) is 0.696. The van der Waals surface area contributed by atoms with E-state index in [2.05, 4.69) is 5.32 Å². The van der Waals surface area contributed by atoms with Crippen LogP contribution in [0.15, 0.2) is 29.2 Å². The van der Waals surface area contributed by atoms with Crippen LogP contribution in [0.25, 0.3) is 0 Å². The van der Waals surface area contributed by atoms with Gasteiger partial charge in [-0.05, 0) is 92.9 Å². The average molecular weight is 471 g/mol. The maximum absolute atomic E-state index is 13.0. The third-order valence-electron chi connectivity index (χ3n) is 8.18. The summed E-state index contributed by atoms with van der Waals surface area (Å²) in [6, 6.07) is 3.85. The van der Waals surface area contributed by atoms with E-state index in [-0.39, 0.29) is 35.9 Å². The molecule has 1 amide bonds. The molecule has 9 heteroatoms. The molecule has 5 aliphatic rings. The van der Waals surface area contributed by atoms with Gasteiger partial charge in [0.05, 0.1) is 10.5 Å². The number of nitrogens with one attached hydrogen (secondary N) is 1. The summed E-state index contributed by atoms with van der Waals surface area (Å²) in [6.07, 6.45) is 2.61. The van der Waals surface area contributed by atoms with Crippen molar-refractivity contribution in [2.45, 2.75) is 62.1 Å². The molecule has 1 heterocycles. The lowest BCUT2D eigenvalue weighted by molar-refractivity contribution is -0.137. The first kappa shape index (κ1) is 22.2. The van der Waals surface area contributed by atoms with Gasteiger partial charge in [0, 0.05) is 25.0 Å². The summed E-state index contributed by atoms with van der Waals surface area (Å²) in [7, 11) is -3.88. The second-order valence-corrected chi connectivity index (χ2v) is 12.1. The van der Waals surface area contributed by atoms with Crippen molar-refractivity contribution >= 4 is 15.9 Å². The Morgan fingerprint density at radius 1 is 0.906 bits per heavy atom. The van der Waals surface area contributed by atoms with Gasteiger partial charge >= 0.3 is 6.18 Å². The minimum atomic E-state index is -4.51. The normalized spacial score (nSPS) is 33.4. The highest BCUT2D eigenvalue weighted by Crippen LogP contribution is 2.53. The van der Waals surface area contributed by atoms with Gasteiger partial charge in [0.15, 0.2) is 0 Å². The molecule has 32 heavy (non-hydrogen) atoms. The molecule has 176 valence electrons. The summed E-state index contributed by atoms with van der Waals surface area (Å²) >= 11 is 0. The number of amides is 1. The molecule has 0 unspecified atom stereocenters. The summed E-state index contributed by atoms with van der Waals surface area (Å²) in [5, 5.41) is 3.32. The molecule has 4 aliphatic carbocycles. The Hall–Kier alpha value is -1.61. The smallest absolute Gasteiger partial charge is 0.353 e. The van der Waals surface area contributed by atoms with Crippen LogP contribution in [0.5, 0.6) is 0 Å². The molecule has 1 saturated heterocycles. The van der Waals surface area contributed by atoms with E-state index in [4.69, 9.17) is 0 Å². The molecule has 0 radical (unpaired) electrons. The number of halogens is 3. The van der Waals surface area contributed by atoms with E-state index in [9.17, 15) is 26.4 Å². The predicted octanol–water partition coefficient (Wildman–Crippen LogP) is 4.05. The van der Waals surface area contributed by atoms with Gasteiger partial charge in [-0.3, -0.25) is 4.79 Å². The number of rotatable bonds is 4. The third-order valence-corrected chi connectivity index (χ3v) is 10.1. The van der Waals surface area contributed by atoms with Crippen molar-refractivity contribution in [1.82, 2.24) is 9.62 Å². The van der Waals surface area contributed by atoms with E-state index < -0.39 is 21.8 Å². The maximum atomic E-state index is 13.0. The highest BCUT2D eigenvalue weighted by atomic mass is 32.2. The first-order valence-corrected chi connectivity index (χ1v) is 13.0. The Kier molecular flexibility index (Phi) is 5.55. The molecule has 0 aromatic heterocycles. The molecular formula is C23H29F3N2O3S. The van der Waals surface area contributed by atoms with E-state index in [1.54, 1.807) is 0 Å². The molecule has 5 fully saturated rings. The average Bonchev–Trinajstić information content (AvgIpc) is 2.75. The SMILES string of the molecule is O=C(NC1C2CC3CC(C2)CC1C3)C1CCN(S(=O)(=O)c2ccc(C(F)(F)F)cc2)CC1. The van der Waals surface area contributed by atoms with Gasteiger partial charge in [-0.1, -0.05) is 0 Å². The van der Waals surface area contributed by atoms with E-state index in [0.29, 0.717) is 24.7 Å². The number of hydrogen-bond acceptors (Lipinski definition) is 3. The second-order valence-electron chi connectivity index (χ2n) is 10.2. The zero-order valence-electron chi connectivity index (χ0n) is 17.9. The zero-order valence-corrected chi connectivity index (χ0v) is 18.7. The van der Waals surface area contributed by atoms with Crippen LogP contribution in [0, 0.1) is 29.6 Å². The number of alkyl halides is 3. The highest BCUT2D eigenvalue weighted by molar-refractivity contribution is 7.89. The predicted molar refractivity (Wildman–Crippen MR) is 112 cm³/mol. The number of benzene rings is 1. The van der Waals surface area contributed by atoms with Gasteiger partial charge in [-0.25, -0.2) is 8.42 Å². The second kappa shape index (κ2) is 8.01. The first-order chi connectivity index (χ1) is 15.1. The number of piperidine rings is 1. The van der Waals surface area contributed by atoms with Crippen molar-refractivity contribution in [2.75, 3.05) is 13.1 Å². The number of carbonyl (C=O) groups is 1. The minimum absolute atomic E-state index is 0.0362. The third kappa shape index (κ3) is 4.06. The zero-order chi connectivity index (χ0) is 22.7. The Balaban J connectivity index is 1.18. The molecule has 4 saturated carbocycles. The van der Waals surface area contributed by atoms with Gasteiger partial charge in [-0.2, -0.15) is 17.5 Å². The van der Waals surface area contributed by atoms with Crippen LogP contribution in [-0.2, 0) is 21.0 Å². The highest BCUT2D eigenvalue weighted by Gasteiger charge is 2.49. The topological polar surface area (TPSA) is 66.5 Å². The number of carbonyl (C=O) groups excluding carboxylic acids is 1. The quantitative estimate of drug-likeness (QED) is 0.722. The summed E-state index contributed by atoms with van der Waals surface area (Å²) in [5.74, 6) is 2.68. The van der Waals surface area contributed by atoms with E-state index in [0.717, 1.165) is 36.1 Å². The molecule has 0 atom stereocenters. The lowest BCUT2D eigenvalue weighted by Gasteiger charge is -2.54. The monoisotopic (exact) mass is 470 g/mol. The van der Waals surface area contributed by atoms with Crippen LogP contribution in [0.3, 0.4) is 0 Å². The summed E-state index contributed by atoms with van der Waals surface area (Å²) < 4.78 is 65.3. The first-order valence-electron chi connectivity index (χ1n) is 11.6. The molecule has 1 aromatic carbocycles. The summed E-state index contributed by atoms with van der Waals surface area (Å²) in [4.78, 5) is 12.8. The van der Waals surface area contributed by atoms with Crippen LogP contribution >= 0.6 is 0 Å². The number of hydrogen-bond donors (Lipinski definition) is 1. The Morgan fingerprint density at radius 3 is 1.94 bits per heavy atom. The number of sulfonamides is 1. The van der Waals surface area contributed by atoms with E-state index in [1.165, 1.54) is 36.4 Å². The Bertz CT molecular complexity index is 941. The lowest BCUT2D eigenvalue weighted by Crippen LogP contribution is -2.57. The molecular weight excluding hydrogens is 441 g/mol. The minimum Gasteiger partial charge on any atom is -0.353 e. The molecule has 6 rings (SSSR count). The maximum Gasteiger partial charge on any atom is 0.416 e. The van der Waals surface area contributed by atoms with Crippen LogP contribution in [0.4, 0.5) is 13.2 Å². The van der Waals surface area contributed by atoms with Gasteiger partial charge in [0.2, 0.25) is 15.9 Å². The van der Waals surface area contributed by atoms with Crippen LogP contribution in [-0.4, -0.2) is 37.8 Å². The van der Waals surface area contributed by atoms with Gasteiger partial charge in [-0.15, -0.1) is 0 Å². The largest absolute Gasteiger partial charge is 0.416 e. The van der Waals surface area contributed by atoms with Crippen molar-refractivity contribution in [3.63, 3.8) is 0 Å². The molecule has 4 bridgehead atoms. The van der Waals surface area contributed by atoms with Crippen molar-refractivity contribution in [1.29, 1.82) is 0 Å².